The molecule has 0 spiro atoms. The van der Waals surface area contributed by atoms with Gasteiger partial charge in [-0.25, -0.2) is 0 Å². The summed E-state index contributed by atoms with van der Waals surface area (Å²) in [6.07, 6.45) is 3.75. The van der Waals surface area contributed by atoms with Crippen LogP contribution in [0.25, 0.3) is 0 Å². The van der Waals surface area contributed by atoms with Crippen LogP contribution in [-0.4, -0.2) is 36.9 Å². The van der Waals surface area contributed by atoms with Gasteiger partial charge in [-0.3, -0.25) is 15.1 Å². The summed E-state index contributed by atoms with van der Waals surface area (Å²) in [6, 6.07) is 17.1. The molecule has 3 atom stereocenters. The maximum atomic E-state index is 13.5. The molecule has 2 aromatic rings. The number of nitrogens with one attached hydrogen (secondary N) is 2. The van der Waals surface area contributed by atoms with Gasteiger partial charge in [0.2, 0.25) is 5.91 Å². The third kappa shape index (κ3) is 3.50. The molecule has 2 N–H and O–H groups in total. The number of rotatable bonds is 4. The van der Waals surface area contributed by atoms with Crippen molar-refractivity contribution in [2.75, 3.05) is 25.0 Å². The second kappa shape index (κ2) is 7.40. The fourth-order valence-corrected chi connectivity index (χ4v) is 5.24. The lowest BCUT2D eigenvalue weighted by atomic mass is 9.73. The highest BCUT2D eigenvalue weighted by molar-refractivity contribution is 6.02. The first kappa shape index (κ1) is 20.1. The number of benzene rings is 2. The van der Waals surface area contributed by atoms with Gasteiger partial charge >= 0.3 is 0 Å². The molecular weight excluding hydrogens is 384 g/mol. The Kier molecular flexibility index (Phi) is 4.80. The molecule has 3 aliphatic rings. The Bertz CT molecular complexity index is 1010. The number of carbonyl (C=O) groups excluding carboxylic acids is 1. The Morgan fingerprint density at radius 1 is 1.06 bits per heavy atom. The number of hydrogen-bond acceptors (Lipinski definition) is 3. The molecule has 1 unspecified atom stereocenters. The summed E-state index contributed by atoms with van der Waals surface area (Å²) in [6.45, 7) is 6.50. The first-order valence-corrected chi connectivity index (χ1v) is 11.5. The predicted octanol–water partition coefficient (Wildman–Crippen LogP) is 4.41. The fourth-order valence-electron chi connectivity index (χ4n) is 5.24. The van der Waals surface area contributed by atoms with E-state index < -0.39 is 11.5 Å². The minimum absolute atomic E-state index is 0.0365. The van der Waals surface area contributed by atoms with Crippen LogP contribution in [0.5, 0.6) is 0 Å². The van der Waals surface area contributed by atoms with Crippen molar-refractivity contribution in [1.82, 2.24) is 10.2 Å². The van der Waals surface area contributed by atoms with E-state index in [1.165, 1.54) is 35.4 Å². The van der Waals surface area contributed by atoms with Crippen molar-refractivity contribution < 1.29 is 4.79 Å². The van der Waals surface area contributed by atoms with Gasteiger partial charge in [-0.1, -0.05) is 43.3 Å². The third-order valence-electron chi connectivity index (χ3n) is 7.42. The van der Waals surface area contributed by atoms with Crippen LogP contribution in [0.15, 0.2) is 48.5 Å². The number of nitrogens with zero attached hydrogens (tertiary/aromatic N) is 2. The van der Waals surface area contributed by atoms with Crippen molar-refractivity contribution in [3.8, 4) is 0 Å². The van der Waals surface area contributed by atoms with Crippen LogP contribution in [0.3, 0.4) is 0 Å². The van der Waals surface area contributed by atoms with Gasteiger partial charge in [0.05, 0.1) is 11.5 Å². The van der Waals surface area contributed by atoms with E-state index in [1.54, 1.807) is 7.05 Å². The minimum atomic E-state index is -0.691. The second-order valence-corrected chi connectivity index (χ2v) is 9.84. The largest absolute Gasteiger partial charge is 0.371 e. The normalized spacial score (nSPS) is 28.7. The van der Waals surface area contributed by atoms with Crippen LogP contribution in [0, 0.1) is 11.3 Å². The van der Waals surface area contributed by atoms with Gasteiger partial charge in [0.15, 0.2) is 5.96 Å². The van der Waals surface area contributed by atoms with E-state index in [-0.39, 0.29) is 11.9 Å². The van der Waals surface area contributed by atoms with Crippen LogP contribution in [-0.2, 0) is 10.3 Å². The number of anilines is 1. The van der Waals surface area contributed by atoms with Gasteiger partial charge in [-0.2, -0.15) is 0 Å². The topological polar surface area (TPSA) is 59.4 Å². The van der Waals surface area contributed by atoms with E-state index in [0.29, 0.717) is 11.8 Å². The number of amides is 1. The third-order valence-corrected chi connectivity index (χ3v) is 7.42. The molecule has 1 aliphatic carbocycles. The molecule has 2 aliphatic heterocycles. The van der Waals surface area contributed by atoms with Crippen LogP contribution in [0.4, 0.5) is 5.69 Å². The maximum Gasteiger partial charge on any atom is 0.239 e. The number of carbonyl (C=O) groups is 1. The van der Waals surface area contributed by atoms with E-state index in [2.05, 4.69) is 72.6 Å². The highest BCUT2D eigenvalue weighted by Crippen LogP contribution is 2.44. The molecular formula is C26H32N4O. The van der Waals surface area contributed by atoms with Gasteiger partial charge in [0, 0.05) is 25.8 Å². The average Bonchev–Trinajstić information content (AvgIpc) is 3.53. The fraction of sp³-hybridized carbons (Fsp3) is 0.462. The molecule has 0 radical (unpaired) electrons. The first-order chi connectivity index (χ1) is 14.9. The minimum Gasteiger partial charge on any atom is -0.371 e. The van der Waals surface area contributed by atoms with E-state index >= 15 is 0 Å². The van der Waals surface area contributed by atoms with Crippen LogP contribution in [0.2, 0.25) is 0 Å². The Hall–Kier alpha value is -2.82. The van der Waals surface area contributed by atoms with Crippen molar-refractivity contribution in [3.63, 3.8) is 0 Å². The molecule has 5 heteroatoms. The summed E-state index contributed by atoms with van der Waals surface area (Å²) in [5, 5.41) is 11.8. The molecule has 31 heavy (non-hydrogen) atoms. The van der Waals surface area contributed by atoms with Crippen molar-refractivity contribution in [1.29, 1.82) is 5.41 Å². The van der Waals surface area contributed by atoms with E-state index in [9.17, 15) is 4.79 Å². The number of likely N-dealkylation sites (N-methyl/N-ethyl adjacent to an activating group) is 1. The Morgan fingerprint density at radius 2 is 1.77 bits per heavy atom. The summed E-state index contributed by atoms with van der Waals surface area (Å²) in [5.74, 6) is 1.11. The molecule has 5 rings (SSSR count). The molecule has 3 fully saturated rings. The molecule has 2 aromatic carbocycles. The summed E-state index contributed by atoms with van der Waals surface area (Å²) in [7, 11) is 1.69. The lowest BCUT2D eigenvalue weighted by Crippen LogP contribution is -2.62. The van der Waals surface area contributed by atoms with E-state index in [0.717, 1.165) is 24.2 Å². The van der Waals surface area contributed by atoms with Crippen molar-refractivity contribution in [3.05, 3.63) is 65.2 Å². The first-order valence-electron chi connectivity index (χ1n) is 11.5. The predicted molar refractivity (Wildman–Crippen MR) is 125 cm³/mol. The molecule has 162 valence electrons. The molecule has 2 saturated heterocycles. The lowest BCUT2D eigenvalue weighted by Gasteiger charge is -2.46. The van der Waals surface area contributed by atoms with Gasteiger partial charge in [-0.15, -0.1) is 0 Å². The van der Waals surface area contributed by atoms with Crippen molar-refractivity contribution in [2.45, 2.75) is 50.5 Å². The molecule has 0 bridgehead atoms. The number of hydrogen-bond donors (Lipinski definition) is 2. The maximum absolute atomic E-state index is 13.5. The number of guanidine groups is 1. The quantitative estimate of drug-likeness (QED) is 0.776. The standard InChI is InChI=1S/C26H32N4O/c1-17-13-14-30(16-17)22-6-4-5-21(15-22)26(2)23(24(31)29(3)25(27)28-26)20-11-9-19(10-12-20)18-7-8-18/h4-6,9-12,15,17-18,23H,7-8,13-14,16H2,1-3H3,(H2,27,28)/t17-,23?,26-/m1/s1. The zero-order chi connectivity index (χ0) is 21.8. The zero-order valence-corrected chi connectivity index (χ0v) is 18.7. The van der Waals surface area contributed by atoms with Crippen molar-refractivity contribution >= 4 is 17.6 Å². The van der Waals surface area contributed by atoms with Gasteiger partial charge in [0.25, 0.3) is 0 Å². The van der Waals surface area contributed by atoms with E-state index in [4.69, 9.17) is 5.41 Å². The Morgan fingerprint density at radius 3 is 2.42 bits per heavy atom. The lowest BCUT2D eigenvalue weighted by molar-refractivity contribution is -0.131. The molecule has 1 amide bonds. The van der Waals surface area contributed by atoms with Gasteiger partial charge < -0.3 is 10.2 Å². The summed E-state index contributed by atoms with van der Waals surface area (Å²) < 4.78 is 0. The highest BCUT2D eigenvalue weighted by Gasteiger charge is 2.48. The van der Waals surface area contributed by atoms with Crippen molar-refractivity contribution in [2.24, 2.45) is 5.92 Å². The monoisotopic (exact) mass is 416 g/mol. The van der Waals surface area contributed by atoms with Crippen LogP contribution < -0.4 is 10.2 Å². The smallest absolute Gasteiger partial charge is 0.239 e. The highest BCUT2D eigenvalue weighted by atomic mass is 16.2. The Labute approximate surface area is 184 Å². The molecule has 0 aromatic heterocycles. The summed E-state index contributed by atoms with van der Waals surface area (Å²) >= 11 is 0. The zero-order valence-electron chi connectivity index (χ0n) is 18.7. The molecule has 1 saturated carbocycles. The SMILES string of the molecule is C[C@@H]1CCN(c2cccc([C@@]3(C)NC(=N)N(C)C(=O)C3c3ccc(C4CC4)cc3)c2)C1. The average molecular weight is 417 g/mol. The molecule has 5 nitrogen and oxygen atoms in total. The summed E-state index contributed by atoms with van der Waals surface area (Å²) in [5.41, 5.74) is 3.93. The summed E-state index contributed by atoms with van der Waals surface area (Å²) in [4.78, 5) is 17.3. The van der Waals surface area contributed by atoms with E-state index in [1.807, 2.05) is 0 Å². The second-order valence-electron chi connectivity index (χ2n) is 9.84. The Balaban J connectivity index is 1.55. The van der Waals surface area contributed by atoms with Crippen LogP contribution >= 0.6 is 0 Å². The molecule has 2 heterocycles. The van der Waals surface area contributed by atoms with Gasteiger partial charge in [-0.05, 0) is 66.8 Å². The van der Waals surface area contributed by atoms with Crippen LogP contribution in [0.1, 0.15) is 61.6 Å². The van der Waals surface area contributed by atoms with Gasteiger partial charge in [0.1, 0.15) is 0 Å².